The fourth-order valence-corrected chi connectivity index (χ4v) is 14.4. The minimum Gasteiger partial charge on any atom is -0.405 e. The second-order valence-electron chi connectivity index (χ2n) is 24.8. The van der Waals surface area contributed by atoms with Gasteiger partial charge in [0.15, 0.2) is 0 Å². The topological polar surface area (TPSA) is 81.2 Å². The number of rotatable bonds is 4. The Bertz CT molecular complexity index is 4410. The quantitative estimate of drug-likeness (QED) is 0.127. The predicted octanol–water partition coefficient (Wildman–Crippen LogP) is 18.2. The molecule has 8 nitrogen and oxygen atoms in total. The van der Waals surface area contributed by atoms with E-state index in [4.69, 9.17) is 37.9 Å². The molecule has 3 saturated heterocycles. The second kappa shape index (κ2) is 20.1. The molecule has 15 rings (SSSR count). The molecular formula is C68H64B3BrN2O6S2. The van der Waals surface area contributed by atoms with Crippen LogP contribution < -0.4 is 5.46 Å². The van der Waals surface area contributed by atoms with Crippen molar-refractivity contribution in [3.05, 3.63) is 174 Å². The molecule has 7 heterocycles. The Kier molecular flexibility index (Phi) is 13.5. The Morgan fingerprint density at radius 3 is 1.13 bits per heavy atom. The maximum absolute atomic E-state index is 6.60. The third-order valence-corrected chi connectivity index (χ3v) is 21.3. The van der Waals surface area contributed by atoms with Gasteiger partial charge in [0.25, 0.3) is 0 Å². The molecule has 3 fully saturated rings. The van der Waals surface area contributed by atoms with Crippen LogP contribution in [0.25, 0.3) is 106 Å². The van der Waals surface area contributed by atoms with Gasteiger partial charge in [0.1, 0.15) is 0 Å². The van der Waals surface area contributed by atoms with Crippen LogP contribution in [0, 0.1) is 0 Å². The summed E-state index contributed by atoms with van der Waals surface area (Å²) in [5.41, 5.74) is 5.11. The van der Waals surface area contributed by atoms with Gasteiger partial charge in [0, 0.05) is 89.0 Å². The van der Waals surface area contributed by atoms with Crippen molar-refractivity contribution in [1.29, 1.82) is 0 Å². The zero-order valence-electron chi connectivity index (χ0n) is 48.4. The molecule has 0 bridgehead atoms. The smallest absolute Gasteiger partial charge is 0.405 e. The number of hydrogen-bond acceptors (Lipinski definition) is 10. The summed E-state index contributed by atoms with van der Waals surface area (Å²) in [6.45, 7) is 24.7. The minimum absolute atomic E-state index is 0.360. The van der Waals surface area contributed by atoms with Gasteiger partial charge in [-0.25, -0.2) is 9.97 Å². The molecule has 4 aromatic heterocycles. The van der Waals surface area contributed by atoms with Crippen molar-refractivity contribution in [2.45, 2.75) is 117 Å². The highest BCUT2D eigenvalue weighted by molar-refractivity contribution is 9.10. The lowest BCUT2D eigenvalue weighted by molar-refractivity contribution is 0.00578. The first-order chi connectivity index (χ1) is 39.0. The molecule has 0 spiro atoms. The highest BCUT2D eigenvalue weighted by Crippen LogP contribution is 2.49. The largest absolute Gasteiger partial charge is 0.496 e. The molecule has 82 heavy (non-hydrogen) atoms. The van der Waals surface area contributed by atoms with Crippen molar-refractivity contribution in [1.82, 2.24) is 9.97 Å². The molecule has 0 aliphatic carbocycles. The number of pyridine rings is 2. The standard InChI is InChI=1S/C31H26BNO2S.C25H14BrNS.C12H24B2O4/c1-30(2)31(3,4)35-32(34-30)23-18-22-26(27-21-15-9-11-17-25(21)36-29(23)27)20-14-8-10-16-24(20)33-28(22)19-12-6-5-7-13-19;26-19-14-18-22(23-17-11-5-7-13-21(17)28-25(19)23)16-10-4-6-12-20(16)27-24(18)15-8-2-1-3-9-15;1-9(2)10(3,4)16-13(15-9)14-17-11(5,6)12(7,8)18-14/h5-18H,1-4H3;1-14H;1-8H3. The summed E-state index contributed by atoms with van der Waals surface area (Å²) in [7, 11) is -1.41. The number of thiophene rings is 2. The van der Waals surface area contributed by atoms with Crippen LogP contribution in [0.15, 0.2) is 174 Å². The third-order valence-electron chi connectivity index (χ3n) is 18.0. The lowest BCUT2D eigenvalue weighted by Gasteiger charge is -2.32. The molecule has 8 aromatic carbocycles. The maximum Gasteiger partial charge on any atom is 0.496 e. The second-order valence-corrected chi connectivity index (χ2v) is 27.8. The SMILES string of the molecule is Brc1cc2c(-c3ccccc3)nc3ccccc3c2c2c1sc1ccccc12.CC1(C)OB(B2OC(C)(C)C(C)(C)O2)OC1(C)C.CC1(C)OB(c2cc3c(-c4ccccc4)nc4ccccc4c3c3c2sc2ccccc23)OC1(C)C. The molecule has 3 aliphatic rings. The number of para-hydroxylation sites is 2. The van der Waals surface area contributed by atoms with Crippen molar-refractivity contribution in [3.8, 4) is 22.5 Å². The van der Waals surface area contributed by atoms with E-state index in [1.807, 2.05) is 90.2 Å². The average molecular weight is 1180 g/mol. The number of hydrogen-bond donors (Lipinski definition) is 0. The van der Waals surface area contributed by atoms with Crippen LogP contribution in [-0.4, -0.2) is 64.7 Å². The van der Waals surface area contributed by atoms with Crippen LogP contribution in [0.2, 0.25) is 0 Å². The van der Waals surface area contributed by atoms with E-state index in [-0.39, 0.29) is 22.4 Å². The monoisotopic (exact) mass is 1180 g/mol. The van der Waals surface area contributed by atoms with Crippen molar-refractivity contribution in [2.75, 3.05) is 0 Å². The normalized spacial score (nSPS) is 18.5. The van der Waals surface area contributed by atoms with E-state index < -0.39 is 32.3 Å². The van der Waals surface area contributed by atoms with E-state index in [2.05, 4.69) is 201 Å². The number of halogens is 1. The van der Waals surface area contributed by atoms with Crippen molar-refractivity contribution in [2.24, 2.45) is 0 Å². The zero-order valence-corrected chi connectivity index (χ0v) is 51.7. The molecule has 0 radical (unpaired) electrons. The Morgan fingerprint density at radius 2 is 0.695 bits per heavy atom. The summed E-state index contributed by atoms with van der Waals surface area (Å²) in [6.07, 6.45) is 0. The number of benzene rings is 8. The number of aromatic nitrogens is 2. The van der Waals surface area contributed by atoms with E-state index in [9.17, 15) is 0 Å². The first-order valence-electron chi connectivity index (χ1n) is 28.2. The van der Waals surface area contributed by atoms with Crippen LogP contribution in [-0.2, 0) is 27.9 Å². The molecule has 12 aromatic rings. The van der Waals surface area contributed by atoms with Gasteiger partial charge >= 0.3 is 21.1 Å². The highest BCUT2D eigenvalue weighted by Gasteiger charge is 2.64. The van der Waals surface area contributed by atoms with E-state index in [1.54, 1.807) is 0 Å². The number of nitrogens with zero attached hydrogens (tertiary/aromatic N) is 2. The molecule has 14 heteroatoms. The zero-order chi connectivity index (χ0) is 57.3. The van der Waals surface area contributed by atoms with Crippen LogP contribution in [0.3, 0.4) is 0 Å². The van der Waals surface area contributed by atoms with Crippen molar-refractivity contribution in [3.63, 3.8) is 0 Å². The Morgan fingerprint density at radius 1 is 0.354 bits per heavy atom. The molecule has 0 saturated carbocycles. The summed E-state index contributed by atoms with van der Waals surface area (Å²) in [5, 5.41) is 12.4. The van der Waals surface area contributed by atoms with Crippen LogP contribution >= 0.6 is 38.6 Å². The summed E-state index contributed by atoms with van der Waals surface area (Å²) in [5.74, 6) is 0. The summed E-state index contributed by atoms with van der Waals surface area (Å²) in [6, 6.07) is 59.8. The minimum atomic E-state index is -0.476. The Labute approximate surface area is 497 Å². The molecule has 0 N–H and O–H groups in total. The van der Waals surface area contributed by atoms with Gasteiger partial charge in [-0.15, -0.1) is 22.7 Å². The van der Waals surface area contributed by atoms with Gasteiger partial charge in [0.2, 0.25) is 0 Å². The van der Waals surface area contributed by atoms with Gasteiger partial charge in [-0.05, 0) is 129 Å². The summed E-state index contributed by atoms with van der Waals surface area (Å²) < 4.78 is 43.3. The van der Waals surface area contributed by atoms with Crippen molar-refractivity contribution < 1.29 is 27.9 Å². The summed E-state index contributed by atoms with van der Waals surface area (Å²) in [4.78, 5) is 10.3. The van der Waals surface area contributed by atoms with Gasteiger partial charge in [-0.1, -0.05) is 140 Å². The molecule has 0 atom stereocenters. The van der Waals surface area contributed by atoms with Gasteiger partial charge < -0.3 is 27.9 Å². The highest BCUT2D eigenvalue weighted by atomic mass is 79.9. The molecule has 0 amide bonds. The third kappa shape index (κ3) is 9.20. The Hall–Kier alpha value is -6.03. The summed E-state index contributed by atoms with van der Waals surface area (Å²) >= 11 is 7.52. The molecule has 3 aliphatic heterocycles. The average Bonchev–Trinajstić information content (AvgIpc) is 2.38. The Balaban J connectivity index is 0.000000122. The van der Waals surface area contributed by atoms with Crippen LogP contribution in [0.1, 0.15) is 83.1 Å². The predicted molar refractivity (Wildman–Crippen MR) is 351 cm³/mol. The van der Waals surface area contributed by atoms with Gasteiger partial charge in [-0.2, -0.15) is 0 Å². The van der Waals surface area contributed by atoms with Gasteiger partial charge in [-0.3, -0.25) is 0 Å². The first-order valence-corrected chi connectivity index (χ1v) is 30.6. The lowest BCUT2D eigenvalue weighted by atomic mass is 9.49. The van der Waals surface area contributed by atoms with Gasteiger partial charge in [0.05, 0.1) is 60.7 Å². The number of fused-ring (bicyclic) bond motifs is 14. The lowest BCUT2D eigenvalue weighted by Crippen LogP contribution is -2.41. The maximum atomic E-state index is 6.60. The van der Waals surface area contributed by atoms with E-state index in [0.29, 0.717) is 0 Å². The molecule has 0 unspecified atom stereocenters. The van der Waals surface area contributed by atoms with Crippen LogP contribution in [0.4, 0.5) is 0 Å². The fraction of sp³-hybridized carbons (Fsp3) is 0.265. The van der Waals surface area contributed by atoms with E-state index >= 15 is 0 Å². The molecule has 410 valence electrons. The first kappa shape index (κ1) is 55.2. The van der Waals surface area contributed by atoms with E-state index in [1.165, 1.54) is 67.3 Å². The van der Waals surface area contributed by atoms with Crippen molar-refractivity contribution >= 4 is 149 Å². The molecular weight excluding hydrogens is 1120 g/mol. The fourth-order valence-electron chi connectivity index (χ4n) is 11.4. The van der Waals surface area contributed by atoms with Crippen LogP contribution in [0.5, 0.6) is 0 Å². The van der Waals surface area contributed by atoms with E-state index in [0.717, 1.165) is 48.9 Å².